The van der Waals surface area contributed by atoms with Crippen molar-refractivity contribution in [2.75, 3.05) is 20.3 Å². The number of fused-ring (bicyclic) bond motifs is 2. The molecule has 1 aromatic heterocycles. The second-order valence-electron chi connectivity index (χ2n) is 6.58. The molecule has 3 aliphatic heterocycles. The van der Waals surface area contributed by atoms with Crippen molar-refractivity contribution in [3.8, 4) is 0 Å². The first-order valence-electron chi connectivity index (χ1n) is 8.23. The van der Waals surface area contributed by atoms with E-state index in [0.717, 1.165) is 44.0 Å². The summed E-state index contributed by atoms with van der Waals surface area (Å²) in [6, 6.07) is 0.406. The minimum absolute atomic E-state index is 0.305. The van der Waals surface area contributed by atoms with E-state index < -0.39 is 5.91 Å². The van der Waals surface area contributed by atoms with Gasteiger partial charge >= 0.3 is 0 Å². The number of nitrogens with one attached hydrogen (secondary N) is 2. The molecule has 0 radical (unpaired) electrons. The number of carbonyl (C=O) groups is 1. The predicted molar refractivity (Wildman–Crippen MR) is 86.0 cm³/mol. The van der Waals surface area contributed by atoms with E-state index in [-0.39, 0.29) is 0 Å². The standard InChI is InChI=1S/C15H23N7O/c1-21(15-10-2-4-17-14(10)18-8-19-15)9-3-5-22-7-11(13(16)23)20-12(22)6-9/h7,9-10,15,19H,2-6,8H2,1H3,(H2,16,23)(H,17,18). The largest absolute Gasteiger partial charge is 0.373 e. The predicted octanol–water partition coefficient (Wildman–Crippen LogP) is -0.877. The van der Waals surface area contributed by atoms with Crippen LogP contribution in [0.25, 0.3) is 0 Å². The maximum atomic E-state index is 11.3. The number of nitrogens with two attached hydrogens (primary N) is 1. The van der Waals surface area contributed by atoms with Crippen LogP contribution in [0.1, 0.15) is 29.2 Å². The highest BCUT2D eigenvalue weighted by atomic mass is 16.1. The Hall–Kier alpha value is -1.93. The van der Waals surface area contributed by atoms with Gasteiger partial charge < -0.3 is 15.6 Å². The van der Waals surface area contributed by atoms with Gasteiger partial charge in [0.1, 0.15) is 17.4 Å². The summed E-state index contributed by atoms with van der Waals surface area (Å²) in [6.45, 7) is 2.55. The van der Waals surface area contributed by atoms with Gasteiger partial charge in [-0.2, -0.15) is 0 Å². The zero-order valence-corrected chi connectivity index (χ0v) is 13.3. The van der Waals surface area contributed by atoms with Crippen LogP contribution in [0.2, 0.25) is 0 Å². The molecule has 0 spiro atoms. The third-order valence-corrected chi connectivity index (χ3v) is 5.29. The average molecular weight is 317 g/mol. The quantitative estimate of drug-likeness (QED) is 0.672. The number of amidine groups is 1. The first kappa shape index (κ1) is 14.6. The zero-order chi connectivity index (χ0) is 16.0. The number of nitrogens with zero attached hydrogens (tertiary/aromatic N) is 4. The molecule has 1 saturated heterocycles. The Kier molecular flexibility index (Phi) is 3.57. The fourth-order valence-electron chi connectivity index (χ4n) is 4.00. The minimum Gasteiger partial charge on any atom is -0.373 e. The summed E-state index contributed by atoms with van der Waals surface area (Å²) in [5.41, 5.74) is 5.71. The number of aliphatic imine (C=N–C) groups is 1. The summed E-state index contributed by atoms with van der Waals surface area (Å²) in [5, 5.41) is 6.93. The molecule has 8 nitrogen and oxygen atoms in total. The van der Waals surface area contributed by atoms with Crippen LogP contribution in [0.15, 0.2) is 11.2 Å². The maximum absolute atomic E-state index is 11.3. The molecule has 0 saturated carbocycles. The van der Waals surface area contributed by atoms with E-state index in [1.54, 1.807) is 6.20 Å². The Morgan fingerprint density at radius 3 is 3.17 bits per heavy atom. The molecule has 124 valence electrons. The van der Waals surface area contributed by atoms with Crippen LogP contribution < -0.4 is 16.4 Å². The number of primary amides is 1. The molecule has 4 N–H and O–H groups in total. The van der Waals surface area contributed by atoms with Crippen LogP contribution in [-0.2, 0) is 13.0 Å². The summed E-state index contributed by atoms with van der Waals surface area (Å²) in [5.74, 6) is 2.09. The normalized spacial score (nSPS) is 29.7. The third kappa shape index (κ3) is 2.51. The molecule has 23 heavy (non-hydrogen) atoms. The van der Waals surface area contributed by atoms with Crippen molar-refractivity contribution >= 4 is 11.7 Å². The Balaban J connectivity index is 1.50. The smallest absolute Gasteiger partial charge is 0.268 e. The van der Waals surface area contributed by atoms with Crippen LogP contribution in [0.5, 0.6) is 0 Å². The summed E-state index contributed by atoms with van der Waals surface area (Å²) in [6.07, 6.45) is 5.09. The van der Waals surface area contributed by atoms with Crippen molar-refractivity contribution in [1.82, 2.24) is 25.1 Å². The lowest BCUT2D eigenvalue weighted by atomic mass is 9.97. The highest BCUT2D eigenvalue weighted by Gasteiger charge is 2.38. The van der Waals surface area contributed by atoms with Gasteiger partial charge in [-0.3, -0.25) is 20.0 Å². The van der Waals surface area contributed by atoms with Gasteiger partial charge in [-0.25, -0.2) is 4.98 Å². The number of aromatic nitrogens is 2. The molecule has 4 heterocycles. The summed E-state index contributed by atoms with van der Waals surface area (Å²) in [4.78, 5) is 22.7. The second-order valence-corrected chi connectivity index (χ2v) is 6.58. The van der Waals surface area contributed by atoms with Crippen LogP contribution >= 0.6 is 0 Å². The van der Waals surface area contributed by atoms with E-state index in [4.69, 9.17) is 5.73 Å². The number of likely N-dealkylation sites (N-methyl/N-ethyl adjacent to an activating group) is 1. The number of hydrogen-bond donors (Lipinski definition) is 3. The molecule has 4 rings (SSSR count). The van der Waals surface area contributed by atoms with Gasteiger partial charge in [-0.15, -0.1) is 0 Å². The lowest BCUT2D eigenvalue weighted by molar-refractivity contribution is 0.0965. The fourth-order valence-corrected chi connectivity index (χ4v) is 4.00. The van der Waals surface area contributed by atoms with Gasteiger partial charge in [0, 0.05) is 37.7 Å². The first-order valence-corrected chi connectivity index (χ1v) is 8.23. The first-order chi connectivity index (χ1) is 11.1. The molecular formula is C15H23N7O. The Morgan fingerprint density at radius 2 is 2.35 bits per heavy atom. The number of rotatable bonds is 3. The van der Waals surface area contributed by atoms with Crippen LogP contribution in [0.4, 0.5) is 0 Å². The topological polar surface area (TPSA) is 101 Å². The van der Waals surface area contributed by atoms with Gasteiger partial charge in [0.2, 0.25) is 0 Å². The average Bonchev–Trinajstić information content (AvgIpc) is 3.19. The third-order valence-electron chi connectivity index (χ3n) is 5.29. The van der Waals surface area contributed by atoms with Crippen LogP contribution in [0.3, 0.4) is 0 Å². The summed E-state index contributed by atoms with van der Waals surface area (Å²) in [7, 11) is 2.18. The molecule has 0 bridgehead atoms. The lowest BCUT2D eigenvalue weighted by Gasteiger charge is -2.41. The highest BCUT2D eigenvalue weighted by molar-refractivity contribution is 5.90. The maximum Gasteiger partial charge on any atom is 0.268 e. The highest BCUT2D eigenvalue weighted by Crippen LogP contribution is 2.26. The molecule has 8 heteroatoms. The van der Waals surface area contributed by atoms with E-state index in [1.165, 1.54) is 0 Å². The van der Waals surface area contributed by atoms with Gasteiger partial charge in [-0.05, 0) is 19.9 Å². The number of carbonyl (C=O) groups excluding carboxylic acids is 1. The van der Waals surface area contributed by atoms with E-state index in [2.05, 4.69) is 37.1 Å². The molecule has 3 aliphatic rings. The van der Waals surface area contributed by atoms with Crippen LogP contribution in [0, 0.1) is 5.92 Å². The monoisotopic (exact) mass is 317 g/mol. The Morgan fingerprint density at radius 1 is 1.48 bits per heavy atom. The van der Waals surface area contributed by atoms with Crippen molar-refractivity contribution in [2.45, 2.75) is 38.0 Å². The van der Waals surface area contributed by atoms with Gasteiger partial charge in [-0.1, -0.05) is 0 Å². The number of imidazole rings is 1. The van der Waals surface area contributed by atoms with Crippen LogP contribution in [-0.4, -0.2) is 58.7 Å². The van der Waals surface area contributed by atoms with Crippen molar-refractivity contribution < 1.29 is 4.79 Å². The number of aryl methyl sites for hydroxylation is 1. The van der Waals surface area contributed by atoms with Crippen molar-refractivity contribution in [3.05, 3.63) is 17.7 Å². The van der Waals surface area contributed by atoms with Gasteiger partial charge in [0.25, 0.3) is 5.91 Å². The second kappa shape index (κ2) is 5.61. The van der Waals surface area contributed by atoms with Crippen molar-refractivity contribution in [3.63, 3.8) is 0 Å². The van der Waals surface area contributed by atoms with Crippen molar-refractivity contribution in [2.24, 2.45) is 16.6 Å². The van der Waals surface area contributed by atoms with Gasteiger partial charge in [0.05, 0.1) is 12.8 Å². The molecule has 1 fully saturated rings. The molecule has 0 aromatic carbocycles. The van der Waals surface area contributed by atoms with E-state index in [9.17, 15) is 4.79 Å². The van der Waals surface area contributed by atoms with E-state index in [1.807, 2.05) is 0 Å². The Labute approximate surface area is 135 Å². The SMILES string of the molecule is CN(C1CCn2cc(C(N)=O)nc2C1)C1NCN=C2NCCC21. The molecular weight excluding hydrogens is 294 g/mol. The van der Waals surface area contributed by atoms with Crippen molar-refractivity contribution in [1.29, 1.82) is 0 Å². The summed E-state index contributed by atoms with van der Waals surface area (Å²) >= 11 is 0. The number of hydrogen-bond acceptors (Lipinski definition) is 6. The zero-order valence-electron chi connectivity index (χ0n) is 13.3. The lowest BCUT2D eigenvalue weighted by Crippen LogP contribution is -2.57. The van der Waals surface area contributed by atoms with E-state index >= 15 is 0 Å². The number of amides is 1. The molecule has 3 unspecified atom stereocenters. The summed E-state index contributed by atoms with van der Waals surface area (Å²) < 4.78 is 2.06. The minimum atomic E-state index is -0.455. The van der Waals surface area contributed by atoms with Gasteiger partial charge in [0.15, 0.2) is 0 Å². The van der Waals surface area contributed by atoms with E-state index in [0.29, 0.717) is 30.5 Å². The Bertz CT molecular complexity index is 652. The fraction of sp³-hybridized carbons (Fsp3) is 0.667. The molecule has 1 aromatic rings. The molecule has 0 aliphatic carbocycles. The molecule has 3 atom stereocenters. The molecule has 1 amide bonds.